The van der Waals surface area contributed by atoms with Crippen LogP contribution in [0.25, 0.3) is 11.1 Å². The Balaban J connectivity index is 1.51. The number of benzene rings is 3. The van der Waals surface area contributed by atoms with Gasteiger partial charge in [-0.05, 0) is 54.3 Å². The van der Waals surface area contributed by atoms with Crippen LogP contribution in [0.15, 0.2) is 72.8 Å². The Morgan fingerprint density at radius 2 is 1.50 bits per heavy atom. The van der Waals surface area contributed by atoms with Crippen LogP contribution >= 0.6 is 0 Å². The number of rotatable bonds is 5. The van der Waals surface area contributed by atoms with Gasteiger partial charge in [-0.3, -0.25) is 20.4 Å². The minimum Gasteiger partial charge on any atom is -0.483 e. The largest absolute Gasteiger partial charge is 0.483 e. The molecule has 3 rings (SSSR count). The fourth-order valence-corrected chi connectivity index (χ4v) is 2.69. The molecule has 0 aliphatic carbocycles. The van der Waals surface area contributed by atoms with Crippen molar-refractivity contribution in [1.82, 2.24) is 10.9 Å². The average Bonchev–Trinajstić information content (AvgIpc) is 2.73. The Kier molecular flexibility index (Phi) is 6.07. The lowest BCUT2D eigenvalue weighted by Crippen LogP contribution is -2.43. The number of hydrogen-bond acceptors (Lipinski definition) is 3. The zero-order valence-electron chi connectivity index (χ0n) is 15.9. The predicted octanol–water partition coefficient (Wildman–Crippen LogP) is 3.81. The SMILES string of the molecule is Cc1ccc(C)c(OCC(=O)NNC(=O)c2ccc(-c3ccccc3)cc2)c1. The molecule has 0 radical (unpaired) electrons. The maximum atomic E-state index is 12.2. The van der Waals surface area contributed by atoms with Gasteiger partial charge in [0.15, 0.2) is 6.61 Å². The van der Waals surface area contributed by atoms with Crippen LogP contribution in [-0.2, 0) is 4.79 Å². The molecule has 5 nitrogen and oxygen atoms in total. The third kappa shape index (κ3) is 4.98. The topological polar surface area (TPSA) is 67.4 Å². The molecule has 0 unspecified atom stereocenters. The van der Waals surface area contributed by atoms with Crippen molar-refractivity contribution in [3.8, 4) is 16.9 Å². The molecule has 0 bridgehead atoms. The van der Waals surface area contributed by atoms with Gasteiger partial charge < -0.3 is 4.74 Å². The van der Waals surface area contributed by atoms with Gasteiger partial charge in [-0.1, -0.05) is 54.6 Å². The summed E-state index contributed by atoms with van der Waals surface area (Å²) < 4.78 is 5.52. The maximum absolute atomic E-state index is 12.2. The van der Waals surface area contributed by atoms with Crippen molar-refractivity contribution in [2.75, 3.05) is 6.61 Å². The van der Waals surface area contributed by atoms with Gasteiger partial charge in [0.2, 0.25) is 0 Å². The normalized spacial score (nSPS) is 10.2. The fourth-order valence-electron chi connectivity index (χ4n) is 2.69. The first-order valence-electron chi connectivity index (χ1n) is 8.97. The summed E-state index contributed by atoms with van der Waals surface area (Å²) in [7, 11) is 0. The Morgan fingerprint density at radius 1 is 0.821 bits per heavy atom. The molecule has 2 N–H and O–H groups in total. The van der Waals surface area contributed by atoms with Crippen molar-refractivity contribution in [2.24, 2.45) is 0 Å². The third-order valence-corrected chi connectivity index (χ3v) is 4.27. The van der Waals surface area contributed by atoms with Crippen molar-refractivity contribution in [3.05, 3.63) is 89.5 Å². The van der Waals surface area contributed by atoms with Gasteiger partial charge in [-0.25, -0.2) is 0 Å². The van der Waals surface area contributed by atoms with E-state index in [1.54, 1.807) is 12.1 Å². The van der Waals surface area contributed by atoms with Gasteiger partial charge in [0, 0.05) is 5.56 Å². The summed E-state index contributed by atoms with van der Waals surface area (Å²) in [4.78, 5) is 24.1. The molecule has 0 aromatic heterocycles. The summed E-state index contributed by atoms with van der Waals surface area (Å²) in [5, 5.41) is 0. The summed E-state index contributed by atoms with van der Waals surface area (Å²) in [6, 6.07) is 22.9. The highest BCUT2D eigenvalue weighted by atomic mass is 16.5. The molecule has 0 spiro atoms. The van der Waals surface area contributed by atoms with Crippen LogP contribution in [0, 0.1) is 13.8 Å². The van der Waals surface area contributed by atoms with E-state index in [0.29, 0.717) is 11.3 Å². The molecule has 28 heavy (non-hydrogen) atoms. The van der Waals surface area contributed by atoms with E-state index in [1.807, 2.05) is 74.5 Å². The smallest absolute Gasteiger partial charge is 0.276 e. The molecule has 0 aliphatic rings. The number of aryl methyl sites for hydroxylation is 2. The lowest BCUT2D eigenvalue weighted by atomic mass is 10.0. The summed E-state index contributed by atoms with van der Waals surface area (Å²) >= 11 is 0. The average molecular weight is 374 g/mol. The molecule has 0 saturated heterocycles. The second-order valence-corrected chi connectivity index (χ2v) is 6.50. The van der Waals surface area contributed by atoms with Crippen molar-refractivity contribution in [3.63, 3.8) is 0 Å². The first-order valence-corrected chi connectivity index (χ1v) is 8.97. The summed E-state index contributed by atoms with van der Waals surface area (Å²) in [6.45, 7) is 3.68. The highest BCUT2D eigenvalue weighted by molar-refractivity contribution is 5.95. The molecular weight excluding hydrogens is 352 g/mol. The summed E-state index contributed by atoms with van der Waals surface area (Å²) in [6.07, 6.45) is 0. The zero-order chi connectivity index (χ0) is 19.9. The van der Waals surface area contributed by atoms with Crippen LogP contribution in [0.4, 0.5) is 0 Å². The van der Waals surface area contributed by atoms with E-state index in [-0.39, 0.29) is 12.5 Å². The van der Waals surface area contributed by atoms with Gasteiger partial charge in [0.25, 0.3) is 11.8 Å². The Hall–Kier alpha value is -3.60. The molecule has 5 heteroatoms. The Morgan fingerprint density at radius 3 is 2.21 bits per heavy atom. The number of carbonyl (C=O) groups excluding carboxylic acids is 2. The third-order valence-electron chi connectivity index (χ3n) is 4.27. The van der Waals surface area contributed by atoms with Gasteiger partial charge in [-0.15, -0.1) is 0 Å². The number of hydrazine groups is 1. The van der Waals surface area contributed by atoms with Crippen LogP contribution in [-0.4, -0.2) is 18.4 Å². The van der Waals surface area contributed by atoms with E-state index < -0.39 is 5.91 Å². The molecule has 0 aliphatic heterocycles. The summed E-state index contributed by atoms with van der Waals surface area (Å²) in [5.41, 5.74) is 9.31. The van der Waals surface area contributed by atoms with Crippen molar-refractivity contribution in [2.45, 2.75) is 13.8 Å². The molecular formula is C23H22N2O3. The molecule has 0 saturated carbocycles. The van der Waals surface area contributed by atoms with Gasteiger partial charge in [-0.2, -0.15) is 0 Å². The van der Waals surface area contributed by atoms with E-state index in [0.717, 1.165) is 22.3 Å². The number of amides is 2. The van der Waals surface area contributed by atoms with E-state index in [2.05, 4.69) is 10.9 Å². The minimum atomic E-state index is -0.435. The minimum absolute atomic E-state index is 0.183. The van der Waals surface area contributed by atoms with Crippen molar-refractivity contribution < 1.29 is 14.3 Å². The van der Waals surface area contributed by atoms with Crippen LogP contribution in [0.5, 0.6) is 5.75 Å². The number of carbonyl (C=O) groups is 2. The van der Waals surface area contributed by atoms with Crippen LogP contribution in [0.3, 0.4) is 0 Å². The second-order valence-electron chi connectivity index (χ2n) is 6.50. The molecule has 2 amide bonds. The van der Waals surface area contributed by atoms with Gasteiger partial charge in [0.05, 0.1) is 0 Å². The van der Waals surface area contributed by atoms with Crippen molar-refractivity contribution in [1.29, 1.82) is 0 Å². The summed E-state index contributed by atoms with van der Waals surface area (Å²) in [5.74, 6) is -0.173. The molecule has 0 heterocycles. The second kappa shape index (κ2) is 8.86. The highest BCUT2D eigenvalue weighted by Crippen LogP contribution is 2.20. The van der Waals surface area contributed by atoms with E-state index >= 15 is 0 Å². The molecule has 0 atom stereocenters. The standard InChI is InChI=1S/C23H22N2O3/c1-16-8-9-17(2)21(14-16)28-15-22(26)24-25-23(27)20-12-10-19(11-13-20)18-6-4-3-5-7-18/h3-14H,15H2,1-2H3,(H,24,26)(H,25,27). The monoisotopic (exact) mass is 374 g/mol. The molecule has 3 aromatic carbocycles. The lowest BCUT2D eigenvalue weighted by Gasteiger charge is -2.11. The number of hydrogen-bond donors (Lipinski definition) is 2. The maximum Gasteiger partial charge on any atom is 0.276 e. The van der Waals surface area contributed by atoms with Crippen LogP contribution in [0.1, 0.15) is 21.5 Å². The van der Waals surface area contributed by atoms with Crippen LogP contribution in [0.2, 0.25) is 0 Å². The molecule has 142 valence electrons. The van der Waals surface area contributed by atoms with E-state index in [1.165, 1.54) is 0 Å². The molecule has 3 aromatic rings. The fraction of sp³-hybridized carbons (Fsp3) is 0.130. The highest BCUT2D eigenvalue weighted by Gasteiger charge is 2.09. The van der Waals surface area contributed by atoms with E-state index in [9.17, 15) is 9.59 Å². The van der Waals surface area contributed by atoms with Crippen LogP contribution < -0.4 is 15.6 Å². The predicted molar refractivity (Wildman–Crippen MR) is 109 cm³/mol. The Labute approximate surface area is 164 Å². The van der Waals surface area contributed by atoms with Crippen molar-refractivity contribution >= 4 is 11.8 Å². The lowest BCUT2D eigenvalue weighted by molar-refractivity contribution is -0.123. The quantitative estimate of drug-likeness (QED) is 0.668. The Bertz CT molecular complexity index is 967. The van der Waals surface area contributed by atoms with E-state index in [4.69, 9.17) is 4.74 Å². The zero-order valence-corrected chi connectivity index (χ0v) is 15.9. The first-order chi connectivity index (χ1) is 13.5. The van der Waals surface area contributed by atoms with Gasteiger partial charge in [0.1, 0.15) is 5.75 Å². The van der Waals surface area contributed by atoms with Gasteiger partial charge >= 0.3 is 0 Å². The first kappa shape index (κ1) is 19.2. The number of ether oxygens (including phenoxy) is 1. The number of nitrogens with one attached hydrogen (secondary N) is 2. The molecule has 0 fully saturated rings.